The summed E-state index contributed by atoms with van der Waals surface area (Å²) >= 11 is 5.82. The second-order valence-corrected chi connectivity index (χ2v) is 6.40. The topological polar surface area (TPSA) is 122 Å². The molecule has 1 aliphatic rings. The zero-order valence-electron chi connectivity index (χ0n) is 14.5. The van der Waals surface area contributed by atoms with Gasteiger partial charge in [0.05, 0.1) is 24.2 Å². The number of nitro groups is 1. The number of carbonyl (C=O) groups is 2. The Morgan fingerprint density at radius 3 is 2.36 bits per heavy atom. The molecule has 144 valence electrons. The molecule has 0 saturated heterocycles. The fourth-order valence-corrected chi connectivity index (χ4v) is 2.86. The molecule has 2 aromatic carbocycles. The van der Waals surface area contributed by atoms with Crippen LogP contribution < -0.4 is 0 Å². The summed E-state index contributed by atoms with van der Waals surface area (Å²) in [4.78, 5) is 35.3. The number of nitro benzene ring substituents is 1. The van der Waals surface area contributed by atoms with Gasteiger partial charge in [-0.15, -0.1) is 0 Å². The lowest BCUT2D eigenvalue weighted by Crippen LogP contribution is -2.52. The summed E-state index contributed by atoms with van der Waals surface area (Å²) in [6, 6.07) is 11.2. The zero-order chi connectivity index (χ0) is 20.5. The van der Waals surface area contributed by atoms with Gasteiger partial charge in [0, 0.05) is 22.7 Å². The van der Waals surface area contributed by atoms with Crippen molar-refractivity contribution in [1.82, 2.24) is 5.01 Å². The standard InChI is InChI=1S/C18H14ClN3O6/c1-28-17(24)18(25)10-15(11-4-8-14(9-5-11)22(26)27)20-21(18)16(23)12-2-6-13(19)7-3-12/h2-9,25H,10H2,1H3. The first-order valence-corrected chi connectivity index (χ1v) is 8.37. The van der Waals surface area contributed by atoms with Crippen LogP contribution in [0.5, 0.6) is 0 Å². The maximum Gasteiger partial charge on any atom is 0.361 e. The number of rotatable bonds is 4. The molecule has 1 N–H and O–H groups in total. The first kappa shape index (κ1) is 19.5. The van der Waals surface area contributed by atoms with Gasteiger partial charge in [-0.25, -0.2) is 4.79 Å². The molecule has 1 aliphatic heterocycles. The van der Waals surface area contributed by atoms with Crippen LogP contribution in [0.3, 0.4) is 0 Å². The molecule has 0 fully saturated rings. The van der Waals surface area contributed by atoms with E-state index in [1.165, 1.54) is 48.5 Å². The van der Waals surface area contributed by atoms with Crippen LogP contribution in [-0.2, 0) is 9.53 Å². The molecule has 0 aliphatic carbocycles. The van der Waals surface area contributed by atoms with E-state index in [0.29, 0.717) is 15.6 Å². The first-order valence-electron chi connectivity index (χ1n) is 7.99. The van der Waals surface area contributed by atoms with Gasteiger partial charge in [0.15, 0.2) is 0 Å². The molecule has 10 heteroatoms. The SMILES string of the molecule is COC(=O)C1(O)CC(c2ccc([N+](=O)[O-])cc2)=NN1C(=O)c1ccc(Cl)cc1. The smallest absolute Gasteiger partial charge is 0.361 e. The van der Waals surface area contributed by atoms with E-state index in [4.69, 9.17) is 11.6 Å². The largest absolute Gasteiger partial charge is 0.465 e. The average molecular weight is 404 g/mol. The molecular weight excluding hydrogens is 390 g/mol. The van der Waals surface area contributed by atoms with Gasteiger partial charge in [0.2, 0.25) is 0 Å². The first-order chi connectivity index (χ1) is 13.3. The van der Waals surface area contributed by atoms with Crippen molar-refractivity contribution in [2.45, 2.75) is 12.1 Å². The predicted molar refractivity (Wildman–Crippen MR) is 98.8 cm³/mol. The summed E-state index contributed by atoms with van der Waals surface area (Å²) in [5.74, 6) is -1.79. The van der Waals surface area contributed by atoms with E-state index in [0.717, 1.165) is 7.11 Å². The van der Waals surface area contributed by atoms with Crippen molar-refractivity contribution in [1.29, 1.82) is 0 Å². The number of methoxy groups -OCH3 is 1. The van der Waals surface area contributed by atoms with Crippen molar-refractivity contribution in [3.63, 3.8) is 0 Å². The third-order valence-electron chi connectivity index (χ3n) is 4.19. The highest BCUT2D eigenvalue weighted by molar-refractivity contribution is 6.30. The molecule has 0 radical (unpaired) electrons. The molecule has 1 heterocycles. The predicted octanol–water partition coefficient (Wildman–Crippen LogP) is 2.36. The number of ether oxygens (including phenoxy) is 1. The van der Waals surface area contributed by atoms with E-state index in [9.17, 15) is 24.8 Å². The Hall–Kier alpha value is -3.30. The molecule has 2 aromatic rings. The molecule has 0 saturated carbocycles. The number of carbonyl (C=O) groups excluding carboxylic acids is 2. The summed E-state index contributed by atoms with van der Waals surface area (Å²) in [5.41, 5.74) is -1.70. The van der Waals surface area contributed by atoms with E-state index in [-0.39, 0.29) is 23.4 Å². The molecule has 1 unspecified atom stereocenters. The number of benzene rings is 2. The van der Waals surface area contributed by atoms with Gasteiger partial charge in [0.1, 0.15) is 0 Å². The summed E-state index contributed by atoms with van der Waals surface area (Å²) in [6.07, 6.45) is -0.336. The fraction of sp³-hybridized carbons (Fsp3) is 0.167. The van der Waals surface area contributed by atoms with Crippen molar-refractivity contribution in [2.75, 3.05) is 7.11 Å². The summed E-state index contributed by atoms with van der Waals surface area (Å²) in [7, 11) is 1.08. The lowest BCUT2D eigenvalue weighted by molar-refractivity contribution is -0.384. The Morgan fingerprint density at radius 2 is 1.82 bits per heavy atom. The second-order valence-electron chi connectivity index (χ2n) is 5.96. The highest BCUT2D eigenvalue weighted by Gasteiger charge is 2.52. The minimum absolute atomic E-state index is 0.125. The zero-order valence-corrected chi connectivity index (χ0v) is 15.3. The van der Waals surface area contributed by atoms with Gasteiger partial charge in [-0.3, -0.25) is 14.9 Å². The number of halogens is 1. The van der Waals surface area contributed by atoms with Crippen LogP contribution in [0.2, 0.25) is 5.02 Å². The number of non-ortho nitro benzene ring substituents is 1. The lowest BCUT2D eigenvalue weighted by atomic mass is 10.0. The van der Waals surface area contributed by atoms with Crippen LogP contribution >= 0.6 is 11.6 Å². The third kappa shape index (κ3) is 3.45. The van der Waals surface area contributed by atoms with Crippen molar-refractivity contribution in [3.8, 4) is 0 Å². The van der Waals surface area contributed by atoms with Gasteiger partial charge in [-0.05, 0) is 42.0 Å². The molecule has 28 heavy (non-hydrogen) atoms. The average Bonchev–Trinajstić information content (AvgIpc) is 3.06. The number of hydrogen-bond acceptors (Lipinski definition) is 7. The minimum Gasteiger partial charge on any atom is -0.465 e. The highest BCUT2D eigenvalue weighted by atomic mass is 35.5. The number of nitrogens with zero attached hydrogens (tertiary/aromatic N) is 3. The quantitative estimate of drug-likeness (QED) is 0.475. The summed E-state index contributed by atoms with van der Waals surface area (Å²) in [5, 5.41) is 26.8. The third-order valence-corrected chi connectivity index (χ3v) is 4.44. The van der Waals surface area contributed by atoms with Gasteiger partial charge in [-0.1, -0.05) is 11.6 Å². The number of hydrogen-bond donors (Lipinski definition) is 1. The van der Waals surface area contributed by atoms with Crippen molar-refractivity contribution < 1.29 is 24.4 Å². The van der Waals surface area contributed by atoms with Crippen LogP contribution in [0.15, 0.2) is 53.6 Å². The summed E-state index contributed by atoms with van der Waals surface area (Å²) < 4.78 is 4.64. The van der Waals surface area contributed by atoms with Crippen LogP contribution in [0.4, 0.5) is 5.69 Å². The van der Waals surface area contributed by atoms with Gasteiger partial charge in [-0.2, -0.15) is 10.1 Å². The monoisotopic (exact) mass is 403 g/mol. The maximum atomic E-state index is 12.8. The Morgan fingerprint density at radius 1 is 1.21 bits per heavy atom. The van der Waals surface area contributed by atoms with Crippen molar-refractivity contribution >= 4 is 34.9 Å². The van der Waals surface area contributed by atoms with E-state index in [1.54, 1.807) is 0 Å². The van der Waals surface area contributed by atoms with Crippen molar-refractivity contribution in [2.24, 2.45) is 5.10 Å². The molecule has 9 nitrogen and oxygen atoms in total. The molecule has 1 amide bonds. The second kappa shape index (κ2) is 7.37. The van der Waals surface area contributed by atoms with Crippen molar-refractivity contribution in [3.05, 3.63) is 74.8 Å². The van der Waals surface area contributed by atoms with Crippen LogP contribution in [-0.4, -0.2) is 45.5 Å². The Kier molecular flexibility index (Phi) is 5.12. The highest BCUT2D eigenvalue weighted by Crippen LogP contribution is 2.31. The Bertz CT molecular complexity index is 974. The van der Waals surface area contributed by atoms with E-state index in [1.807, 2.05) is 0 Å². The molecular formula is C18H14ClN3O6. The number of amides is 1. The Labute approximate surface area is 163 Å². The van der Waals surface area contributed by atoms with Crippen LogP contribution in [0, 0.1) is 10.1 Å². The van der Waals surface area contributed by atoms with E-state index in [2.05, 4.69) is 9.84 Å². The molecule has 0 bridgehead atoms. The van der Waals surface area contributed by atoms with Crippen LogP contribution in [0.1, 0.15) is 22.3 Å². The molecule has 0 aromatic heterocycles. The van der Waals surface area contributed by atoms with Gasteiger partial charge in [0.25, 0.3) is 17.3 Å². The number of aliphatic hydroxyl groups is 1. The van der Waals surface area contributed by atoms with E-state index < -0.39 is 22.5 Å². The maximum absolute atomic E-state index is 12.8. The normalized spacial score (nSPS) is 18.5. The van der Waals surface area contributed by atoms with Crippen LogP contribution in [0.25, 0.3) is 0 Å². The minimum atomic E-state index is -2.34. The molecule has 1 atom stereocenters. The number of esters is 1. The molecule has 3 rings (SSSR count). The number of hydrazone groups is 1. The lowest BCUT2D eigenvalue weighted by Gasteiger charge is -2.28. The molecule has 0 spiro atoms. The Balaban J connectivity index is 2.00. The fourth-order valence-electron chi connectivity index (χ4n) is 2.73. The van der Waals surface area contributed by atoms with Gasteiger partial charge < -0.3 is 9.84 Å². The summed E-state index contributed by atoms with van der Waals surface area (Å²) in [6.45, 7) is 0. The van der Waals surface area contributed by atoms with E-state index >= 15 is 0 Å². The van der Waals surface area contributed by atoms with Gasteiger partial charge >= 0.3 is 5.97 Å².